The summed E-state index contributed by atoms with van der Waals surface area (Å²) in [5.41, 5.74) is 0.644. The van der Waals surface area contributed by atoms with Gasteiger partial charge in [0.25, 0.3) is 0 Å². The predicted octanol–water partition coefficient (Wildman–Crippen LogP) is 4.90. The highest BCUT2D eigenvalue weighted by molar-refractivity contribution is 5.71. The van der Waals surface area contributed by atoms with E-state index in [0.717, 1.165) is 30.7 Å². The highest BCUT2D eigenvalue weighted by Crippen LogP contribution is 2.47. The molecule has 1 aliphatic rings. The molecule has 0 aromatic carbocycles. The van der Waals surface area contributed by atoms with Gasteiger partial charge in [0.2, 0.25) is 5.88 Å². The Morgan fingerprint density at radius 1 is 1.40 bits per heavy atom. The molecule has 1 unspecified atom stereocenters. The third-order valence-corrected chi connectivity index (χ3v) is 4.82. The molecule has 4 heteroatoms. The number of hydrogen-bond acceptors (Lipinski definition) is 4. The van der Waals surface area contributed by atoms with Gasteiger partial charge in [0.1, 0.15) is 5.60 Å². The number of carbonyl (C=O) groups excluding carboxylic acids is 1. The summed E-state index contributed by atoms with van der Waals surface area (Å²) >= 11 is 0. The molecule has 1 aromatic heterocycles. The van der Waals surface area contributed by atoms with Crippen LogP contribution >= 0.6 is 0 Å². The molecule has 1 heterocycles. The Hall–Kier alpha value is -1.84. The average Bonchev–Trinajstić information content (AvgIpc) is 2.50. The SMILES string of the molecule is C=CCCC1CC(C(CC(=O)OC(C)(C)C)c2ccc(OC)nc2)C1. The van der Waals surface area contributed by atoms with Crippen LogP contribution in [0.5, 0.6) is 5.88 Å². The van der Waals surface area contributed by atoms with Crippen LogP contribution in [0, 0.1) is 11.8 Å². The summed E-state index contributed by atoms with van der Waals surface area (Å²) in [6, 6.07) is 3.89. The first kappa shape index (κ1) is 19.5. The van der Waals surface area contributed by atoms with Crippen molar-refractivity contribution >= 4 is 5.97 Å². The molecule has 138 valence electrons. The molecular formula is C21H31NO3. The van der Waals surface area contributed by atoms with Crippen LogP contribution < -0.4 is 4.74 Å². The van der Waals surface area contributed by atoms with Gasteiger partial charge in [-0.15, -0.1) is 6.58 Å². The van der Waals surface area contributed by atoms with Crippen molar-refractivity contribution in [2.24, 2.45) is 11.8 Å². The molecule has 1 aliphatic carbocycles. The van der Waals surface area contributed by atoms with Gasteiger partial charge in [-0.3, -0.25) is 4.79 Å². The second-order valence-electron chi connectivity index (χ2n) is 7.99. The van der Waals surface area contributed by atoms with E-state index in [1.807, 2.05) is 45.2 Å². The van der Waals surface area contributed by atoms with E-state index in [1.165, 1.54) is 6.42 Å². The standard InChI is InChI=1S/C21H31NO3/c1-6-7-8-15-11-17(12-15)18(13-20(23)25-21(2,3)4)16-9-10-19(24-5)22-14-16/h6,9-10,14-15,17-18H,1,7-8,11-13H2,2-5H3. The van der Waals surface area contributed by atoms with E-state index < -0.39 is 5.60 Å². The van der Waals surface area contributed by atoms with Crippen LogP contribution in [0.25, 0.3) is 0 Å². The Morgan fingerprint density at radius 2 is 2.12 bits per heavy atom. The van der Waals surface area contributed by atoms with E-state index in [-0.39, 0.29) is 11.9 Å². The molecule has 2 rings (SSSR count). The number of methoxy groups -OCH3 is 1. The summed E-state index contributed by atoms with van der Waals surface area (Å²) in [7, 11) is 1.61. The summed E-state index contributed by atoms with van der Waals surface area (Å²) in [4.78, 5) is 16.7. The minimum absolute atomic E-state index is 0.136. The van der Waals surface area contributed by atoms with Crippen molar-refractivity contribution in [3.8, 4) is 5.88 Å². The molecule has 0 saturated heterocycles. The van der Waals surface area contributed by atoms with Crippen molar-refractivity contribution in [2.45, 2.75) is 64.4 Å². The topological polar surface area (TPSA) is 48.4 Å². The molecule has 0 spiro atoms. The Balaban J connectivity index is 2.06. The third kappa shape index (κ3) is 5.87. The number of esters is 1. The monoisotopic (exact) mass is 345 g/mol. The van der Waals surface area contributed by atoms with E-state index in [9.17, 15) is 4.79 Å². The molecule has 1 atom stereocenters. The Morgan fingerprint density at radius 3 is 2.64 bits per heavy atom. The van der Waals surface area contributed by atoms with E-state index in [4.69, 9.17) is 9.47 Å². The lowest BCUT2D eigenvalue weighted by Crippen LogP contribution is -2.32. The first-order valence-corrected chi connectivity index (χ1v) is 9.15. The smallest absolute Gasteiger partial charge is 0.306 e. The maximum absolute atomic E-state index is 12.4. The summed E-state index contributed by atoms with van der Waals surface area (Å²) in [6.07, 6.45) is 8.81. The van der Waals surface area contributed by atoms with Gasteiger partial charge in [-0.2, -0.15) is 0 Å². The number of nitrogens with zero attached hydrogens (tertiary/aromatic N) is 1. The minimum Gasteiger partial charge on any atom is -0.481 e. The molecule has 1 aromatic rings. The quantitative estimate of drug-likeness (QED) is 0.497. The lowest BCUT2D eigenvalue weighted by atomic mass is 9.65. The second kappa shape index (κ2) is 8.50. The molecule has 1 fully saturated rings. The first-order chi connectivity index (χ1) is 11.8. The van der Waals surface area contributed by atoms with Gasteiger partial charge in [0, 0.05) is 12.3 Å². The minimum atomic E-state index is -0.452. The molecule has 1 saturated carbocycles. The summed E-state index contributed by atoms with van der Waals surface area (Å²) in [5, 5.41) is 0. The van der Waals surface area contributed by atoms with Crippen molar-refractivity contribution < 1.29 is 14.3 Å². The third-order valence-electron chi connectivity index (χ3n) is 4.82. The number of pyridine rings is 1. The maximum Gasteiger partial charge on any atom is 0.306 e. The van der Waals surface area contributed by atoms with Gasteiger partial charge in [-0.1, -0.05) is 12.1 Å². The van der Waals surface area contributed by atoms with Crippen LogP contribution in [0.1, 0.15) is 64.4 Å². The highest BCUT2D eigenvalue weighted by Gasteiger charge is 2.37. The molecule has 0 amide bonds. The number of allylic oxidation sites excluding steroid dienone is 1. The van der Waals surface area contributed by atoms with E-state index >= 15 is 0 Å². The first-order valence-electron chi connectivity index (χ1n) is 9.15. The lowest BCUT2D eigenvalue weighted by molar-refractivity contribution is -0.156. The van der Waals surface area contributed by atoms with Gasteiger partial charge < -0.3 is 9.47 Å². The number of carbonyl (C=O) groups is 1. The molecule has 25 heavy (non-hydrogen) atoms. The zero-order valence-electron chi connectivity index (χ0n) is 16.0. The largest absolute Gasteiger partial charge is 0.481 e. The summed E-state index contributed by atoms with van der Waals surface area (Å²) < 4.78 is 10.7. The van der Waals surface area contributed by atoms with E-state index in [1.54, 1.807) is 7.11 Å². The van der Waals surface area contributed by atoms with Crippen molar-refractivity contribution in [1.29, 1.82) is 0 Å². The fourth-order valence-corrected chi connectivity index (χ4v) is 3.56. The van der Waals surface area contributed by atoms with Gasteiger partial charge in [0.05, 0.1) is 13.5 Å². The van der Waals surface area contributed by atoms with Crippen LogP contribution in [0.15, 0.2) is 31.0 Å². The fourth-order valence-electron chi connectivity index (χ4n) is 3.56. The van der Waals surface area contributed by atoms with Crippen molar-refractivity contribution in [2.75, 3.05) is 7.11 Å². The van der Waals surface area contributed by atoms with Crippen LogP contribution in [-0.2, 0) is 9.53 Å². The Labute approximate surface area is 151 Å². The molecular weight excluding hydrogens is 314 g/mol. The van der Waals surface area contributed by atoms with Crippen LogP contribution in [0.2, 0.25) is 0 Å². The van der Waals surface area contributed by atoms with Gasteiger partial charge in [0.15, 0.2) is 0 Å². The van der Waals surface area contributed by atoms with Crippen molar-refractivity contribution in [3.05, 3.63) is 36.5 Å². The maximum atomic E-state index is 12.4. The summed E-state index contributed by atoms with van der Waals surface area (Å²) in [6.45, 7) is 9.52. The van der Waals surface area contributed by atoms with E-state index in [2.05, 4.69) is 11.6 Å². The number of ether oxygens (including phenoxy) is 2. The van der Waals surface area contributed by atoms with Crippen LogP contribution in [0.4, 0.5) is 0 Å². The molecule has 0 bridgehead atoms. The van der Waals surface area contributed by atoms with Crippen molar-refractivity contribution in [3.63, 3.8) is 0 Å². The predicted molar refractivity (Wildman–Crippen MR) is 99.6 cm³/mol. The van der Waals surface area contributed by atoms with Crippen molar-refractivity contribution in [1.82, 2.24) is 4.98 Å². The zero-order chi connectivity index (χ0) is 18.4. The normalized spacial score (nSPS) is 21.1. The van der Waals surface area contributed by atoms with Crippen LogP contribution in [-0.4, -0.2) is 23.7 Å². The Bertz CT molecular complexity index is 568. The number of rotatable bonds is 8. The van der Waals surface area contributed by atoms with Gasteiger partial charge in [-0.25, -0.2) is 4.98 Å². The van der Waals surface area contributed by atoms with E-state index in [0.29, 0.717) is 18.2 Å². The second-order valence-corrected chi connectivity index (χ2v) is 7.99. The highest BCUT2D eigenvalue weighted by atomic mass is 16.6. The van der Waals surface area contributed by atoms with Gasteiger partial charge >= 0.3 is 5.97 Å². The number of hydrogen-bond donors (Lipinski definition) is 0. The fraction of sp³-hybridized carbons (Fsp3) is 0.619. The number of aromatic nitrogens is 1. The lowest BCUT2D eigenvalue weighted by Gasteiger charge is -2.40. The zero-order valence-corrected chi connectivity index (χ0v) is 16.0. The Kier molecular flexibility index (Phi) is 6.63. The molecule has 0 radical (unpaired) electrons. The molecule has 0 aliphatic heterocycles. The molecule has 4 nitrogen and oxygen atoms in total. The van der Waals surface area contributed by atoms with Gasteiger partial charge in [-0.05, 0) is 69.8 Å². The average molecular weight is 345 g/mol. The van der Waals surface area contributed by atoms with Crippen LogP contribution in [0.3, 0.4) is 0 Å². The summed E-state index contributed by atoms with van der Waals surface area (Å²) in [5.74, 6) is 1.88. The molecule has 0 N–H and O–H groups in total.